The van der Waals surface area contributed by atoms with Gasteiger partial charge in [0.2, 0.25) is 0 Å². The van der Waals surface area contributed by atoms with Crippen LogP contribution in [0.3, 0.4) is 0 Å². The van der Waals surface area contributed by atoms with Crippen molar-refractivity contribution >= 4 is 71.6 Å². The van der Waals surface area contributed by atoms with Crippen LogP contribution in [0.2, 0.25) is 0 Å². The van der Waals surface area contributed by atoms with Crippen LogP contribution in [-0.2, 0) is 66.7 Å². The highest BCUT2D eigenvalue weighted by molar-refractivity contribution is 6.05. The summed E-state index contributed by atoms with van der Waals surface area (Å²) in [7, 11) is 0. The third-order valence-corrected chi connectivity index (χ3v) is 10.5. The maximum atomic E-state index is 13.3. The van der Waals surface area contributed by atoms with Gasteiger partial charge in [0.25, 0.3) is 0 Å². The molecule has 0 fully saturated rings. The van der Waals surface area contributed by atoms with E-state index in [-0.39, 0.29) is 80.4 Å². The molecule has 0 aliphatic heterocycles. The zero-order valence-electron chi connectivity index (χ0n) is 42.7. The Morgan fingerprint density at radius 1 is 0.513 bits per heavy atom. The first-order chi connectivity index (χ1) is 35.6. The largest absolute Gasteiger partial charge is 0.478 e. The van der Waals surface area contributed by atoms with Crippen LogP contribution >= 0.6 is 0 Å². The van der Waals surface area contributed by atoms with Gasteiger partial charge in [0.05, 0.1) is 57.9 Å². The number of carboxylic acids is 4. The molecule has 76 heavy (non-hydrogen) atoms. The molecular weight excluding hydrogens is 1010 g/mol. The second-order valence-electron chi connectivity index (χ2n) is 17.9. The van der Waals surface area contributed by atoms with Crippen LogP contribution in [0.15, 0.2) is 60.7 Å². The highest BCUT2D eigenvalue weighted by Crippen LogP contribution is 2.27. The van der Waals surface area contributed by atoms with Crippen LogP contribution in [0.1, 0.15) is 155 Å². The SMILES string of the molecule is C=C(C)C(=O)OCC(COC(=O)C(=C)CC(C)(C)C(=O)OCC(COC(=O)C(C)C)OC(=O)CCCCCOC(=O)c1ccc(C(=O)O)c(C(=O)O)c1)OC(=O)CCCCCOC(=O)c1ccc(C(=O)O)c(C(=O)O)c1. The molecule has 24 nitrogen and oxygen atoms in total. The number of ether oxygens (including phenoxy) is 8. The van der Waals surface area contributed by atoms with Crippen molar-refractivity contribution in [1.82, 2.24) is 0 Å². The van der Waals surface area contributed by atoms with Crippen LogP contribution in [0.5, 0.6) is 0 Å². The maximum absolute atomic E-state index is 13.3. The zero-order chi connectivity index (χ0) is 57.3. The highest BCUT2D eigenvalue weighted by Gasteiger charge is 2.34. The van der Waals surface area contributed by atoms with Crippen molar-refractivity contribution in [2.45, 2.75) is 105 Å². The average Bonchev–Trinajstić information content (AvgIpc) is 3.35. The number of rotatable bonds is 34. The minimum Gasteiger partial charge on any atom is -0.478 e. The molecule has 2 unspecified atom stereocenters. The Labute approximate surface area is 436 Å². The van der Waals surface area contributed by atoms with Crippen molar-refractivity contribution in [2.75, 3.05) is 39.6 Å². The minimum absolute atomic E-state index is 0.0329. The highest BCUT2D eigenvalue weighted by atomic mass is 16.6. The van der Waals surface area contributed by atoms with E-state index in [1.54, 1.807) is 13.8 Å². The van der Waals surface area contributed by atoms with Gasteiger partial charge in [0.15, 0.2) is 12.2 Å². The van der Waals surface area contributed by atoms with E-state index in [1.807, 2.05) is 0 Å². The molecule has 4 N–H and O–H groups in total. The summed E-state index contributed by atoms with van der Waals surface area (Å²) >= 11 is 0. The number of unbranched alkanes of at least 4 members (excludes halogenated alkanes) is 4. The molecule has 2 aromatic rings. The van der Waals surface area contributed by atoms with Gasteiger partial charge in [-0.15, -0.1) is 0 Å². The summed E-state index contributed by atoms with van der Waals surface area (Å²) in [6.07, 6.45) is -1.39. The molecule has 2 atom stereocenters. The number of benzene rings is 2. The van der Waals surface area contributed by atoms with Crippen molar-refractivity contribution in [1.29, 1.82) is 0 Å². The van der Waals surface area contributed by atoms with E-state index in [9.17, 15) is 78.0 Å². The quantitative estimate of drug-likeness (QED) is 0.0278. The molecule has 2 aromatic carbocycles. The van der Waals surface area contributed by atoms with E-state index < -0.39 is 144 Å². The Balaban J connectivity index is 1.89. The van der Waals surface area contributed by atoms with E-state index in [1.165, 1.54) is 20.8 Å². The summed E-state index contributed by atoms with van der Waals surface area (Å²) in [5, 5.41) is 36.9. The summed E-state index contributed by atoms with van der Waals surface area (Å²) in [5.41, 5.74) is -4.15. The fourth-order valence-corrected chi connectivity index (χ4v) is 6.33. The normalized spacial score (nSPS) is 11.7. The number of carbonyl (C=O) groups excluding carboxylic acids is 8. The summed E-state index contributed by atoms with van der Waals surface area (Å²) in [5.74, 6) is -13.2. The topological polar surface area (TPSA) is 360 Å². The van der Waals surface area contributed by atoms with Crippen LogP contribution in [0, 0.1) is 11.3 Å². The standard InChI is InChI=1S/C52H62O24/c1-29(2)46(63)71-25-34(75-40(53)14-10-8-12-20-69-49(66)32-16-18-36(42(55)56)38(22-32)44(59)60)27-73-48(65)31(5)24-52(6,7)51(68)74-28-35(26-72-47(64)30(3)4)76-41(54)15-11-9-13-21-70-50(67)33-17-19-37(43(57)58)39(23-33)45(61)62/h16-19,22-23,30,34-35H,1,5,8-15,20-21,24-28H2,2-4,6-7H3,(H,55,56)(H,57,58)(H,59,60)(H,61,62). The van der Waals surface area contributed by atoms with Gasteiger partial charge in [-0.1, -0.05) is 27.0 Å². The zero-order valence-corrected chi connectivity index (χ0v) is 42.7. The van der Waals surface area contributed by atoms with Crippen LogP contribution in [0.25, 0.3) is 0 Å². The molecule has 0 aliphatic carbocycles. The Morgan fingerprint density at radius 3 is 1.30 bits per heavy atom. The number of carboxylic acid groups (broad SMARTS) is 4. The number of hydrogen-bond donors (Lipinski definition) is 4. The van der Waals surface area contributed by atoms with Gasteiger partial charge >= 0.3 is 71.6 Å². The molecule has 0 saturated heterocycles. The van der Waals surface area contributed by atoms with Gasteiger partial charge in [-0.25, -0.2) is 38.4 Å². The Hall–Kier alpha value is -8.44. The number of carbonyl (C=O) groups is 12. The Bertz CT molecular complexity index is 2520. The predicted molar refractivity (Wildman–Crippen MR) is 259 cm³/mol. The van der Waals surface area contributed by atoms with Gasteiger partial charge < -0.3 is 58.3 Å². The third-order valence-electron chi connectivity index (χ3n) is 10.5. The second kappa shape index (κ2) is 31.3. The van der Waals surface area contributed by atoms with Crippen LogP contribution < -0.4 is 0 Å². The van der Waals surface area contributed by atoms with Crippen molar-refractivity contribution < 1.29 is 116 Å². The maximum Gasteiger partial charge on any atom is 0.338 e. The van der Waals surface area contributed by atoms with Crippen molar-refractivity contribution in [2.24, 2.45) is 11.3 Å². The molecular formula is C52H62O24. The van der Waals surface area contributed by atoms with E-state index in [0.29, 0.717) is 12.8 Å². The van der Waals surface area contributed by atoms with Gasteiger partial charge in [0, 0.05) is 24.0 Å². The minimum atomic E-state index is -1.54. The summed E-state index contributed by atoms with van der Waals surface area (Å²) < 4.78 is 42.2. The van der Waals surface area contributed by atoms with Crippen molar-refractivity contribution in [3.63, 3.8) is 0 Å². The Morgan fingerprint density at radius 2 is 0.908 bits per heavy atom. The smallest absolute Gasteiger partial charge is 0.338 e. The summed E-state index contributed by atoms with van der Waals surface area (Å²) in [6, 6.07) is 5.98. The fraction of sp³-hybridized carbons (Fsp3) is 0.462. The van der Waals surface area contributed by atoms with Crippen molar-refractivity contribution in [3.8, 4) is 0 Å². The molecule has 0 radical (unpaired) electrons. The lowest BCUT2D eigenvalue weighted by Crippen LogP contribution is -2.35. The fourth-order valence-electron chi connectivity index (χ4n) is 6.33. The summed E-state index contributed by atoms with van der Waals surface area (Å²) in [6.45, 7) is 12.2. The van der Waals surface area contributed by atoms with E-state index in [0.717, 1.165) is 36.4 Å². The van der Waals surface area contributed by atoms with E-state index >= 15 is 0 Å². The second-order valence-corrected chi connectivity index (χ2v) is 17.9. The first kappa shape index (κ1) is 63.7. The van der Waals surface area contributed by atoms with E-state index in [2.05, 4.69) is 13.2 Å². The lowest BCUT2D eigenvalue weighted by Gasteiger charge is -2.25. The van der Waals surface area contributed by atoms with E-state index in [4.69, 9.17) is 37.9 Å². The molecule has 24 heteroatoms. The van der Waals surface area contributed by atoms with Crippen LogP contribution in [-0.4, -0.2) is 144 Å². The molecule has 0 aliphatic rings. The monoisotopic (exact) mass is 1070 g/mol. The predicted octanol–water partition coefficient (Wildman–Crippen LogP) is 5.82. The Kier molecular flexibility index (Phi) is 26.2. The number of esters is 8. The lowest BCUT2D eigenvalue weighted by molar-refractivity contribution is -0.171. The van der Waals surface area contributed by atoms with Crippen LogP contribution in [0.4, 0.5) is 0 Å². The molecule has 0 bridgehead atoms. The van der Waals surface area contributed by atoms with Gasteiger partial charge in [0.1, 0.15) is 26.4 Å². The van der Waals surface area contributed by atoms with Gasteiger partial charge in [-0.05, 0) is 102 Å². The average molecular weight is 1070 g/mol. The molecule has 0 saturated carbocycles. The third kappa shape index (κ3) is 22.4. The van der Waals surface area contributed by atoms with Crippen molar-refractivity contribution in [3.05, 3.63) is 94.1 Å². The van der Waals surface area contributed by atoms with Gasteiger partial charge in [-0.2, -0.15) is 0 Å². The molecule has 0 heterocycles. The molecule has 414 valence electrons. The number of aromatic carboxylic acids is 4. The first-order valence-corrected chi connectivity index (χ1v) is 23.6. The van der Waals surface area contributed by atoms with Gasteiger partial charge in [-0.3, -0.25) is 19.2 Å². The first-order valence-electron chi connectivity index (χ1n) is 23.6. The summed E-state index contributed by atoms with van der Waals surface area (Å²) in [4.78, 5) is 147. The number of hydrogen-bond acceptors (Lipinski definition) is 20. The molecule has 0 aromatic heterocycles. The molecule has 0 spiro atoms. The molecule has 2 rings (SSSR count). The lowest BCUT2D eigenvalue weighted by atomic mass is 9.86. The molecule has 0 amide bonds.